The van der Waals surface area contributed by atoms with Crippen LogP contribution in [0.5, 0.6) is 0 Å². The smallest absolute Gasteiger partial charge is 0.321 e. The molecule has 1 fully saturated rings. The molecule has 2 rings (SSSR count). The lowest BCUT2D eigenvalue weighted by molar-refractivity contribution is 0.0262. The highest BCUT2D eigenvalue weighted by Gasteiger charge is 2.33. The van der Waals surface area contributed by atoms with Gasteiger partial charge in [0, 0.05) is 17.8 Å². The van der Waals surface area contributed by atoms with Crippen LogP contribution in [0.3, 0.4) is 0 Å². The Bertz CT molecular complexity index is 459. The molecule has 2 N–H and O–H groups in total. The Hall–Kier alpha value is -1.26. The van der Waals surface area contributed by atoms with Crippen LogP contribution in [-0.2, 0) is 0 Å². The number of nitrogens with one attached hydrogen (secondary N) is 1. The lowest BCUT2D eigenvalue weighted by atomic mass is 10.0. The number of aliphatic hydroxyl groups is 1. The summed E-state index contributed by atoms with van der Waals surface area (Å²) in [5.74, 6) is 0. The maximum atomic E-state index is 12.0. The number of carbonyl (C=O) groups is 1. The van der Waals surface area contributed by atoms with E-state index >= 15 is 0 Å². The molecule has 19 heavy (non-hydrogen) atoms. The molecule has 0 saturated heterocycles. The Morgan fingerprint density at radius 3 is 2.79 bits per heavy atom. The maximum absolute atomic E-state index is 12.0. The van der Waals surface area contributed by atoms with E-state index in [2.05, 4.69) is 5.32 Å². The minimum Gasteiger partial charge on any atom is -0.388 e. The van der Waals surface area contributed by atoms with Crippen molar-refractivity contribution in [2.45, 2.75) is 31.3 Å². The molecule has 1 aromatic rings. The van der Waals surface area contributed by atoms with E-state index in [9.17, 15) is 9.90 Å². The van der Waals surface area contributed by atoms with Gasteiger partial charge in [-0.3, -0.25) is 0 Å². The molecule has 0 bridgehead atoms. The second-order valence-corrected chi connectivity index (χ2v) is 5.66. The van der Waals surface area contributed by atoms with Crippen LogP contribution < -0.4 is 5.32 Å². The van der Waals surface area contributed by atoms with E-state index in [1.807, 2.05) is 0 Å². The number of likely N-dealkylation sites (N-methyl/N-ethyl adjacent to an activating group) is 1. The third-order valence-electron chi connectivity index (χ3n) is 3.49. The van der Waals surface area contributed by atoms with Crippen molar-refractivity contribution >= 4 is 23.3 Å². The molecule has 0 aliphatic heterocycles. The van der Waals surface area contributed by atoms with Crippen molar-refractivity contribution in [3.8, 4) is 0 Å². The number of carbonyl (C=O) groups excluding carboxylic acids is 1. The number of anilines is 1. The van der Waals surface area contributed by atoms with Gasteiger partial charge in [0.25, 0.3) is 0 Å². The molecule has 4 nitrogen and oxygen atoms in total. The Morgan fingerprint density at radius 2 is 2.16 bits per heavy atom. The number of rotatable bonds is 3. The Kier molecular flexibility index (Phi) is 4.32. The van der Waals surface area contributed by atoms with Gasteiger partial charge in [0.05, 0.1) is 12.1 Å². The van der Waals surface area contributed by atoms with Gasteiger partial charge in [0.1, 0.15) is 0 Å². The van der Waals surface area contributed by atoms with Crippen molar-refractivity contribution in [2.24, 2.45) is 0 Å². The monoisotopic (exact) mass is 282 g/mol. The number of nitrogens with zero attached hydrogens (tertiary/aromatic N) is 1. The lowest BCUT2D eigenvalue weighted by Gasteiger charge is -2.28. The average molecular weight is 283 g/mol. The van der Waals surface area contributed by atoms with Gasteiger partial charge in [-0.2, -0.15) is 0 Å². The van der Waals surface area contributed by atoms with Gasteiger partial charge in [-0.1, -0.05) is 30.5 Å². The fourth-order valence-electron chi connectivity index (χ4n) is 2.49. The van der Waals surface area contributed by atoms with Crippen molar-refractivity contribution in [1.29, 1.82) is 0 Å². The van der Waals surface area contributed by atoms with Crippen LogP contribution in [0.1, 0.15) is 25.7 Å². The van der Waals surface area contributed by atoms with E-state index < -0.39 is 5.60 Å². The van der Waals surface area contributed by atoms with Crippen molar-refractivity contribution in [2.75, 3.05) is 18.9 Å². The minimum absolute atomic E-state index is 0.234. The summed E-state index contributed by atoms with van der Waals surface area (Å²) >= 11 is 5.86. The fraction of sp³-hybridized carbons (Fsp3) is 0.500. The number of amides is 2. The molecule has 0 aromatic heterocycles. The molecule has 0 atom stereocenters. The highest BCUT2D eigenvalue weighted by molar-refractivity contribution is 6.30. The zero-order valence-electron chi connectivity index (χ0n) is 11.0. The summed E-state index contributed by atoms with van der Waals surface area (Å²) in [6.45, 7) is 0.361. The zero-order valence-corrected chi connectivity index (χ0v) is 11.8. The largest absolute Gasteiger partial charge is 0.388 e. The second kappa shape index (κ2) is 5.80. The van der Waals surface area contributed by atoms with Gasteiger partial charge in [-0.05, 0) is 31.0 Å². The summed E-state index contributed by atoms with van der Waals surface area (Å²) in [6.07, 6.45) is 3.59. The highest BCUT2D eigenvalue weighted by atomic mass is 35.5. The molecule has 0 unspecified atom stereocenters. The van der Waals surface area contributed by atoms with Gasteiger partial charge in [0.2, 0.25) is 0 Å². The second-order valence-electron chi connectivity index (χ2n) is 5.23. The zero-order chi connectivity index (χ0) is 13.9. The van der Waals surface area contributed by atoms with Crippen LogP contribution in [0.25, 0.3) is 0 Å². The van der Waals surface area contributed by atoms with Gasteiger partial charge in [-0.25, -0.2) is 4.79 Å². The molecule has 2 amide bonds. The molecule has 0 radical (unpaired) electrons. The number of hydrogen-bond acceptors (Lipinski definition) is 2. The van der Waals surface area contributed by atoms with Crippen LogP contribution >= 0.6 is 11.6 Å². The maximum Gasteiger partial charge on any atom is 0.321 e. The summed E-state index contributed by atoms with van der Waals surface area (Å²) < 4.78 is 0. The van der Waals surface area contributed by atoms with Crippen LogP contribution in [0, 0.1) is 0 Å². The van der Waals surface area contributed by atoms with Crippen molar-refractivity contribution in [3.05, 3.63) is 29.3 Å². The fourth-order valence-corrected chi connectivity index (χ4v) is 2.68. The lowest BCUT2D eigenvalue weighted by Crippen LogP contribution is -2.43. The highest BCUT2D eigenvalue weighted by Crippen LogP contribution is 2.30. The van der Waals surface area contributed by atoms with Crippen molar-refractivity contribution in [1.82, 2.24) is 4.90 Å². The summed E-state index contributed by atoms with van der Waals surface area (Å²) in [5, 5.41) is 13.6. The van der Waals surface area contributed by atoms with E-state index in [0.29, 0.717) is 17.3 Å². The summed E-state index contributed by atoms with van der Waals surface area (Å²) in [5.41, 5.74) is -0.0665. The van der Waals surface area contributed by atoms with E-state index in [-0.39, 0.29) is 6.03 Å². The van der Waals surface area contributed by atoms with E-state index in [1.165, 1.54) is 4.90 Å². The average Bonchev–Trinajstić information content (AvgIpc) is 2.75. The van der Waals surface area contributed by atoms with Crippen LogP contribution in [0.4, 0.5) is 10.5 Å². The molecular weight excluding hydrogens is 264 g/mol. The third-order valence-corrected chi connectivity index (χ3v) is 3.72. The molecule has 1 saturated carbocycles. The van der Waals surface area contributed by atoms with Crippen molar-refractivity contribution < 1.29 is 9.90 Å². The van der Waals surface area contributed by atoms with Gasteiger partial charge >= 0.3 is 6.03 Å². The van der Waals surface area contributed by atoms with E-state index in [4.69, 9.17) is 11.6 Å². The normalized spacial score (nSPS) is 17.2. The first-order chi connectivity index (χ1) is 8.98. The summed E-state index contributed by atoms with van der Waals surface area (Å²) in [7, 11) is 1.69. The minimum atomic E-state index is -0.722. The van der Waals surface area contributed by atoms with Crippen LogP contribution in [0.15, 0.2) is 24.3 Å². The van der Waals surface area contributed by atoms with Gasteiger partial charge in [0.15, 0.2) is 0 Å². The molecule has 1 aromatic carbocycles. The van der Waals surface area contributed by atoms with Gasteiger partial charge < -0.3 is 15.3 Å². The molecule has 5 heteroatoms. The number of hydrogen-bond donors (Lipinski definition) is 2. The number of halogens is 1. The van der Waals surface area contributed by atoms with E-state index in [0.717, 1.165) is 25.7 Å². The van der Waals surface area contributed by atoms with Crippen LogP contribution in [0.2, 0.25) is 5.02 Å². The van der Waals surface area contributed by atoms with Gasteiger partial charge in [-0.15, -0.1) is 0 Å². The Morgan fingerprint density at radius 1 is 1.47 bits per heavy atom. The topological polar surface area (TPSA) is 52.6 Å². The number of benzene rings is 1. The first-order valence-electron chi connectivity index (χ1n) is 6.49. The standard InChI is InChI=1S/C14H19ClN2O2/c1-17(10-14(19)7-2-3-8-14)13(18)16-12-6-4-5-11(15)9-12/h4-6,9,19H,2-3,7-8,10H2,1H3,(H,16,18). The molecule has 1 aliphatic rings. The predicted molar refractivity (Wildman–Crippen MR) is 76.5 cm³/mol. The van der Waals surface area contributed by atoms with Crippen molar-refractivity contribution in [3.63, 3.8) is 0 Å². The Labute approximate surface area is 118 Å². The Balaban J connectivity index is 1.92. The molecule has 0 spiro atoms. The summed E-state index contributed by atoms with van der Waals surface area (Å²) in [6, 6.07) is 6.77. The van der Waals surface area contributed by atoms with E-state index in [1.54, 1.807) is 31.3 Å². The molecule has 1 aliphatic carbocycles. The first kappa shape index (κ1) is 14.2. The molecule has 104 valence electrons. The summed E-state index contributed by atoms with van der Waals surface area (Å²) in [4.78, 5) is 13.5. The molecule has 0 heterocycles. The molecular formula is C14H19ClN2O2. The predicted octanol–water partition coefficient (Wildman–Crippen LogP) is 3.11. The SMILES string of the molecule is CN(CC1(O)CCCC1)C(=O)Nc1cccc(Cl)c1. The number of urea groups is 1. The van der Waals surface area contributed by atoms with Crippen LogP contribution in [-0.4, -0.2) is 35.2 Å². The quantitative estimate of drug-likeness (QED) is 0.895. The third kappa shape index (κ3) is 3.85. The first-order valence-corrected chi connectivity index (χ1v) is 6.86.